The number of hydrogen-bond donors (Lipinski definition) is 0. The van der Waals surface area contributed by atoms with Crippen LogP contribution in [0, 0.1) is 6.57 Å². The quantitative estimate of drug-likeness (QED) is 0.155. The van der Waals surface area contributed by atoms with Crippen LogP contribution in [0.3, 0.4) is 0 Å². The second-order valence-electron chi connectivity index (χ2n) is 14.6. The van der Waals surface area contributed by atoms with Gasteiger partial charge in [-0.1, -0.05) is 152 Å². The first kappa shape index (κ1) is 33.7. The van der Waals surface area contributed by atoms with Crippen LogP contribution in [0.4, 0.5) is 5.69 Å². The van der Waals surface area contributed by atoms with Crippen LogP contribution < -0.4 is 0 Å². The Balaban J connectivity index is 1.19. The molecule has 0 N–H and O–H groups in total. The van der Waals surface area contributed by atoms with Crippen LogP contribution in [0.1, 0.15) is 0 Å². The summed E-state index contributed by atoms with van der Waals surface area (Å²) in [5, 5.41) is 4.97. The van der Waals surface area contributed by atoms with Crippen molar-refractivity contribution in [3.8, 4) is 61.6 Å². The lowest BCUT2D eigenvalue weighted by molar-refractivity contribution is 1.18. The summed E-state index contributed by atoms with van der Waals surface area (Å²) in [5.41, 5.74) is 14.2. The Morgan fingerprint density at radius 3 is 1.79 bits per heavy atom. The van der Waals surface area contributed by atoms with Gasteiger partial charge in [-0.05, 0) is 81.9 Å². The molecule has 58 heavy (non-hydrogen) atoms. The number of fused-ring (bicyclic) bond motifs is 6. The molecule has 0 amide bonds. The molecule has 8 aromatic carbocycles. The summed E-state index contributed by atoms with van der Waals surface area (Å²) in [5.74, 6) is 0. The molecule has 0 aliphatic carbocycles. The second kappa shape index (κ2) is 13.9. The average Bonchev–Trinajstić information content (AvgIpc) is 3.85. The minimum atomic E-state index is 0.621. The summed E-state index contributed by atoms with van der Waals surface area (Å²) >= 11 is 1.86. The monoisotopic (exact) mass is 755 g/mol. The van der Waals surface area contributed by atoms with E-state index in [0.29, 0.717) is 5.69 Å². The summed E-state index contributed by atoms with van der Waals surface area (Å²) in [6.45, 7) is 8.12. The zero-order valence-corrected chi connectivity index (χ0v) is 32.1. The predicted molar refractivity (Wildman–Crippen MR) is 245 cm³/mol. The number of hydrogen-bond acceptors (Lipinski definition) is 2. The number of thiophene rings is 1. The van der Waals surface area contributed by atoms with E-state index >= 15 is 0 Å². The van der Waals surface area contributed by atoms with Crippen molar-refractivity contribution in [1.82, 2.24) is 9.55 Å². The van der Waals surface area contributed by atoms with Crippen molar-refractivity contribution in [3.05, 3.63) is 212 Å². The Morgan fingerprint density at radius 1 is 0.414 bits per heavy atom. The van der Waals surface area contributed by atoms with Crippen molar-refractivity contribution in [2.45, 2.75) is 0 Å². The molecule has 0 fully saturated rings. The summed E-state index contributed by atoms with van der Waals surface area (Å²) in [4.78, 5) is 9.16. The van der Waals surface area contributed by atoms with E-state index in [2.05, 4.69) is 179 Å². The molecule has 0 saturated heterocycles. The third kappa shape index (κ3) is 5.68. The molecule has 3 nitrogen and oxygen atoms in total. The molecule has 0 aliphatic heterocycles. The summed E-state index contributed by atoms with van der Waals surface area (Å²) in [7, 11) is 0. The number of aromatic nitrogens is 2. The van der Waals surface area contributed by atoms with Gasteiger partial charge in [0.2, 0.25) is 0 Å². The Bertz CT molecular complexity index is 3350. The van der Waals surface area contributed by atoms with E-state index in [9.17, 15) is 0 Å². The van der Waals surface area contributed by atoms with Gasteiger partial charge in [0.15, 0.2) is 5.69 Å². The molecule has 4 heteroatoms. The Kier molecular flexibility index (Phi) is 8.06. The molecular weight excluding hydrogens is 723 g/mol. The zero-order valence-electron chi connectivity index (χ0n) is 31.3. The molecule has 0 spiro atoms. The van der Waals surface area contributed by atoms with Gasteiger partial charge in [-0.15, -0.1) is 11.3 Å². The molecular formula is C54H33N3S. The van der Waals surface area contributed by atoms with E-state index < -0.39 is 0 Å². The molecule has 0 atom stereocenters. The third-order valence-electron chi connectivity index (χ3n) is 11.2. The number of rotatable bonds is 6. The van der Waals surface area contributed by atoms with Crippen molar-refractivity contribution in [2.24, 2.45) is 0 Å². The van der Waals surface area contributed by atoms with Crippen molar-refractivity contribution in [1.29, 1.82) is 0 Å². The highest BCUT2D eigenvalue weighted by Crippen LogP contribution is 2.43. The molecule has 11 aromatic rings. The van der Waals surface area contributed by atoms with Gasteiger partial charge >= 0.3 is 0 Å². The topological polar surface area (TPSA) is 22.2 Å². The highest BCUT2D eigenvalue weighted by molar-refractivity contribution is 7.26. The van der Waals surface area contributed by atoms with Gasteiger partial charge < -0.3 is 4.57 Å². The summed E-state index contributed by atoms with van der Waals surface area (Å²) < 4.78 is 5.00. The third-order valence-corrected chi connectivity index (χ3v) is 12.4. The van der Waals surface area contributed by atoms with E-state index in [1.165, 1.54) is 42.1 Å². The van der Waals surface area contributed by atoms with E-state index in [1.807, 2.05) is 41.7 Å². The average molecular weight is 756 g/mol. The molecule has 0 bridgehead atoms. The smallest absolute Gasteiger partial charge is 0.194 e. The van der Waals surface area contributed by atoms with Crippen LogP contribution in [0.2, 0.25) is 0 Å². The van der Waals surface area contributed by atoms with Gasteiger partial charge in [-0.3, -0.25) is 0 Å². The fourth-order valence-corrected chi connectivity index (χ4v) is 9.72. The van der Waals surface area contributed by atoms with E-state index in [0.717, 1.165) is 61.5 Å². The van der Waals surface area contributed by atoms with Gasteiger partial charge in [0.1, 0.15) is 0 Å². The second-order valence-corrected chi connectivity index (χ2v) is 15.7. The number of benzene rings is 8. The van der Waals surface area contributed by atoms with Crippen molar-refractivity contribution >= 4 is 59.0 Å². The Hall–Kier alpha value is -7.58. The van der Waals surface area contributed by atoms with Gasteiger partial charge in [-0.25, -0.2) is 9.83 Å². The van der Waals surface area contributed by atoms with Crippen molar-refractivity contribution in [2.75, 3.05) is 0 Å². The van der Waals surface area contributed by atoms with Gasteiger partial charge in [0.05, 0.1) is 29.0 Å². The minimum Gasteiger partial charge on any atom is -0.309 e. The van der Waals surface area contributed by atoms with Crippen LogP contribution in [-0.2, 0) is 0 Å². The molecule has 0 saturated carbocycles. The predicted octanol–water partition coefficient (Wildman–Crippen LogP) is 15.4. The molecule has 0 radical (unpaired) electrons. The Morgan fingerprint density at radius 2 is 1.02 bits per heavy atom. The largest absolute Gasteiger partial charge is 0.309 e. The fraction of sp³-hybridized carbons (Fsp3) is 0. The first-order valence-corrected chi connectivity index (χ1v) is 20.2. The van der Waals surface area contributed by atoms with E-state index in [1.54, 1.807) is 0 Å². The maximum Gasteiger partial charge on any atom is 0.194 e. The number of nitrogens with zero attached hydrogens (tertiary/aromatic N) is 3. The van der Waals surface area contributed by atoms with Crippen molar-refractivity contribution < 1.29 is 0 Å². The van der Waals surface area contributed by atoms with E-state index in [4.69, 9.17) is 11.6 Å². The lowest BCUT2D eigenvalue weighted by atomic mass is 9.95. The minimum absolute atomic E-state index is 0.621. The molecule has 11 rings (SSSR count). The van der Waals surface area contributed by atoms with Gasteiger partial charge in [-0.2, -0.15) is 0 Å². The highest BCUT2D eigenvalue weighted by atomic mass is 32.1. The first-order chi connectivity index (χ1) is 28.7. The van der Waals surface area contributed by atoms with Crippen LogP contribution in [0.15, 0.2) is 200 Å². The maximum absolute atomic E-state index is 8.12. The van der Waals surface area contributed by atoms with Crippen LogP contribution >= 0.6 is 11.3 Å². The molecule has 3 aromatic heterocycles. The number of pyridine rings is 1. The molecule has 0 unspecified atom stereocenters. The molecule has 0 aliphatic rings. The van der Waals surface area contributed by atoms with Crippen LogP contribution in [-0.4, -0.2) is 9.55 Å². The summed E-state index contributed by atoms with van der Waals surface area (Å²) in [6, 6.07) is 70.8. The SMILES string of the molecule is [C-]#[N+]c1ccccc1-c1cc(-c2cc(-c3ccccc3)nc(-c3ccccc3)c2)cc(-n2c3ccccc3c3ccc(-c4cccc5c4sc4ccccc45)cc32)c1. The van der Waals surface area contributed by atoms with Gasteiger partial charge in [0.25, 0.3) is 0 Å². The molecule has 3 heterocycles. The van der Waals surface area contributed by atoms with Gasteiger partial charge in [0, 0.05) is 47.8 Å². The maximum atomic E-state index is 8.12. The highest BCUT2D eigenvalue weighted by Gasteiger charge is 2.19. The summed E-state index contributed by atoms with van der Waals surface area (Å²) in [6.07, 6.45) is 0. The van der Waals surface area contributed by atoms with Crippen LogP contribution in [0.5, 0.6) is 0 Å². The zero-order chi connectivity index (χ0) is 38.6. The fourth-order valence-electron chi connectivity index (χ4n) is 8.48. The first-order valence-electron chi connectivity index (χ1n) is 19.4. The number of para-hydroxylation sites is 2. The Labute approximate surface area is 340 Å². The standard InChI is InChI=1S/C54H33N3S/c1-55-48-24-11-8-19-42(48)40-29-38(39-32-49(35-15-4-2-5-16-35)56-50(33-39)36-17-6-3-7-18-36)30-41(31-40)57-51-25-12-9-20-44(51)45-28-27-37(34-52(45)57)43-22-14-23-47-46-21-10-13-26-53(46)58-54(43)47/h2-34H. The lowest BCUT2D eigenvalue weighted by Gasteiger charge is -2.16. The van der Waals surface area contributed by atoms with E-state index in [-0.39, 0.29) is 0 Å². The molecule has 270 valence electrons. The van der Waals surface area contributed by atoms with Crippen LogP contribution in [0.25, 0.3) is 108 Å². The normalized spacial score (nSPS) is 11.4. The lowest BCUT2D eigenvalue weighted by Crippen LogP contribution is -1.97. The van der Waals surface area contributed by atoms with Crippen molar-refractivity contribution in [3.63, 3.8) is 0 Å².